The first-order chi connectivity index (χ1) is 6.31. The molecule has 2 aliphatic carbocycles. The lowest BCUT2D eigenvalue weighted by molar-refractivity contribution is -0.163. The van der Waals surface area contributed by atoms with Gasteiger partial charge < -0.3 is 9.47 Å². The molecule has 3 heteroatoms. The van der Waals surface area contributed by atoms with E-state index < -0.39 is 0 Å². The van der Waals surface area contributed by atoms with Crippen molar-refractivity contribution in [1.29, 1.82) is 0 Å². The molecule has 2 bridgehead atoms. The second-order valence-electron chi connectivity index (χ2n) is 4.07. The molecule has 13 heavy (non-hydrogen) atoms. The Morgan fingerprint density at radius 1 is 1.62 bits per heavy atom. The summed E-state index contributed by atoms with van der Waals surface area (Å²) in [6.07, 6.45) is 4.11. The molecule has 1 saturated heterocycles. The Kier molecular flexibility index (Phi) is 1.37. The van der Waals surface area contributed by atoms with Crippen molar-refractivity contribution in [3.63, 3.8) is 0 Å². The summed E-state index contributed by atoms with van der Waals surface area (Å²) >= 11 is 0. The second-order valence-corrected chi connectivity index (χ2v) is 4.07. The SMILES string of the molecule is COC1OC(=O)C2C3=CCC(C3)C12. The van der Waals surface area contributed by atoms with Crippen LogP contribution in [0.15, 0.2) is 11.6 Å². The van der Waals surface area contributed by atoms with Crippen LogP contribution in [0.2, 0.25) is 0 Å². The summed E-state index contributed by atoms with van der Waals surface area (Å²) in [6, 6.07) is 0. The van der Waals surface area contributed by atoms with Crippen LogP contribution < -0.4 is 0 Å². The Labute approximate surface area is 76.7 Å². The number of fused-ring (bicyclic) bond motifs is 5. The van der Waals surface area contributed by atoms with E-state index in [1.165, 1.54) is 5.57 Å². The van der Waals surface area contributed by atoms with Gasteiger partial charge in [-0.15, -0.1) is 0 Å². The van der Waals surface area contributed by atoms with Crippen LogP contribution in [-0.4, -0.2) is 19.4 Å². The number of esters is 1. The van der Waals surface area contributed by atoms with E-state index in [0.29, 0.717) is 11.8 Å². The lowest BCUT2D eigenvalue weighted by Crippen LogP contribution is -2.25. The summed E-state index contributed by atoms with van der Waals surface area (Å²) in [5.74, 6) is 0.850. The van der Waals surface area contributed by atoms with Crippen LogP contribution in [0, 0.1) is 17.8 Å². The van der Waals surface area contributed by atoms with Gasteiger partial charge in [-0.2, -0.15) is 0 Å². The van der Waals surface area contributed by atoms with E-state index in [4.69, 9.17) is 9.47 Å². The fourth-order valence-corrected chi connectivity index (χ4v) is 3.00. The Bertz CT molecular complexity index is 295. The zero-order chi connectivity index (χ0) is 9.00. The molecule has 1 saturated carbocycles. The molecule has 1 heterocycles. The van der Waals surface area contributed by atoms with Gasteiger partial charge in [0, 0.05) is 13.0 Å². The summed E-state index contributed by atoms with van der Waals surface area (Å²) in [6.45, 7) is 0. The van der Waals surface area contributed by atoms with Gasteiger partial charge in [-0.1, -0.05) is 11.6 Å². The monoisotopic (exact) mass is 180 g/mol. The topological polar surface area (TPSA) is 35.5 Å². The largest absolute Gasteiger partial charge is 0.435 e. The average Bonchev–Trinajstić information content (AvgIpc) is 2.76. The molecule has 0 aromatic carbocycles. The van der Waals surface area contributed by atoms with Crippen molar-refractivity contribution in [3.05, 3.63) is 11.6 Å². The molecule has 2 fully saturated rings. The van der Waals surface area contributed by atoms with Crippen molar-refractivity contribution in [3.8, 4) is 0 Å². The molecule has 4 atom stereocenters. The number of ether oxygens (including phenoxy) is 2. The van der Waals surface area contributed by atoms with Crippen LogP contribution in [0.1, 0.15) is 12.8 Å². The van der Waals surface area contributed by atoms with Gasteiger partial charge in [-0.3, -0.25) is 4.79 Å². The minimum Gasteiger partial charge on any atom is -0.435 e. The van der Waals surface area contributed by atoms with Crippen molar-refractivity contribution >= 4 is 5.97 Å². The van der Waals surface area contributed by atoms with Crippen LogP contribution in [0.5, 0.6) is 0 Å². The van der Waals surface area contributed by atoms with Crippen molar-refractivity contribution in [2.45, 2.75) is 19.1 Å². The predicted molar refractivity (Wildman–Crippen MR) is 44.7 cm³/mol. The fourth-order valence-electron chi connectivity index (χ4n) is 3.00. The lowest BCUT2D eigenvalue weighted by atomic mass is 9.85. The maximum absolute atomic E-state index is 11.5. The van der Waals surface area contributed by atoms with Crippen molar-refractivity contribution < 1.29 is 14.3 Å². The molecule has 0 radical (unpaired) electrons. The molecule has 1 aliphatic heterocycles. The molecule has 70 valence electrons. The number of rotatable bonds is 1. The average molecular weight is 180 g/mol. The Balaban J connectivity index is 1.99. The number of carbonyl (C=O) groups is 1. The number of methoxy groups -OCH3 is 1. The Hall–Kier alpha value is -0.830. The zero-order valence-electron chi connectivity index (χ0n) is 7.53. The minimum absolute atomic E-state index is 0.0312. The third-order valence-corrected chi connectivity index (χ3v) is 3.54. The standard InChI is InChI=1S/C10H12O3/c1-12-10-8-6-3-2-5(4-6)7(8)9(11)13-10/h2,6-8,10H,3-4H2,1H3. The first-order valence-corrected chi connectivity index (χ1v) is 4.73. The number of allylic oxidation sites excluding steroid dienone is 1. The molecule has 3 aliphatic rings. The van der Waals surface area contributed by atoms with Gasteiger partial charge in [0.1, 0.15) is 0 Å². The number of hydrogen-bond acceptors (Lipinski definition) is 3. The van der Waals surface area contributed by atoms with Gasteiger partial charge in [0.15, 0.2) is 0 Å². The molecule has 3 rings (SSSR count). The van der Waals surface area contributed by atoms with E-state index in [2.05, 4.69) is 6.08 Å². The van der Waals surface area contributed by atoms with E-state index in [0.717, 1.165) is 12.8 Å². The third-order valence-electron chi connectivity index (χ3n) is 3.54. The van der Waals surface area contributed by atoms with Crippen LogP contribution >= 0.6 is 0 Å². The first-order valence-electron chi connectivity index (χ1n) is 4.73. The third kappa shape index (κ3) is 0.804. The highest BCUT2D eigenvalue weighted by atomic mass is 16.7. The summed E-state index contributed by atoms with van der Waals surface area (Å²) in [5, 5.41) is 0. The fraction of sp³-hybridized carbons (Fsp3) is 0.700. The Morgan fingerprint density at radius 2 is 2.46 bits per heavy atom. The highest BCUT2D eigenvalue weighted by Gasteiger charge is 2.56. The number of carbonyl (C=O) groups excluding carboxylic acids is 1. The maximum Gasteiger partial charge on any atom is 0.315 e. The van der Waals surface area contributed by atoms with Gasteiger partial charge in [0.25, 0.3) is 0 Å². The van der Waals surface area contributed by atoms with E-state index in [9.17, 15) is 4.79 Å². The maximum atomic E-state index is 11.5. The van der Waals surface area contributed by atoms with Crippen LogP contribution in [0.4, 0.5) is 0 Å². The van der Waals surface area contributed by atoms with Gasteiger partial charge >= 0.3 is 5.97 Å². The van der Waals surface area contributed by atoms with Gasteiger partial charge in [0.2, 0.25) is 6.29 Å². The van der Waals surface area contributed by atoms with E-state index in [1.807, 2.05) is 0 Å². The van der Waals surface area contributed by atoms with Crippen molar-refractivity contribution in [2.75, 3.05) is 7.11 Å². The molecular weight excluding hydrogens is 168 g/mol. The highest BCUT2D eigenvalue weighted by Crippen LogP contribution is 2.54. The summed E-state index contributed by atoms with van der Waals surface area (Å²) < 4.78 is 10.3. The van der Waals surface area contributed by atoms with E-state index in [-0.39, 0.29) is 18.2 Å². The quantitative estimate of drug-likeness (QED) is 0.447. The normalized spacial score (nSPS) is 46.2. The summed E-state index contributed by atoms with van der Waals surface area (Å²) in [5.41, 5.74) is 1.29. The van der Waals surface area contributed by atoms with E-state index >= 15 is 0 Å². The van der Waals surface area contributed by atoms with Gasteiger partial charge in [0.05, 0.1) is 5.92 Å². The smallest absolute Gasteiger partial charge is 0.315 e. The molecule has 0 aromatic heterocycles. The number of cyclic esters (lactones) is 1. The Morgan fingerprint density at radius 3 is 3.23 bits per heavy atom. The lowest BCUT2D eigenvalue weighted by Gasteiger charge is -2.20. The highest BCUT2D eigenvalue weighted by molar-refractivity contribution is 5.79. The zero-order valence-corrected chi connectivity index (χ0v) is 7.53. The minimum atomic E-state index is -0.284. The van der Waals surface area contributed by atoms with Crippen LogP contribution in [-0.2, 0) is 14.3 Å². The predicted octanol–water partition coefficient (Wildman–Crippen LogP) is 1.10. The van der Waals surface area contributed by atoms with Gasteiger partial charge in [-0.25, -0.2) is 0 Å². The van der Waals surface area contributed by atoms with Crippen LogP contribution in [0.3, 0.4) is 0 Å². The summed E-state index contributed by atoms with van der Waals surface area (Å²) in [4.78, 5) is 11.5. The molecule has 0 N–H and O–H groups in total. The molecule has 4 unspecified atom stereocenters. The molecular formula is C10H12O3. The van der Waals surface area contributed by atoms with Crippen molar-refractivity contribution in [2.24, 2.45) is 17.8 Å². The van der Waals surface area contributed by atoms with Crippen molar-refractivity contribution in [1.82, 2.24) is 0 Å². The number of hydrogen-bond donors (Lipinski definition) is 0. The first kappa shape index (κ1) is 7.56. The van der Waals surface area contributed by atoms with Gasteiger partial charge in [-0.05, 0) is 18.8 Å². The van der Waals surface area contributed by atoms with E-state index in [1.54, 1.807) is 7.11 Å². The molecule has 0 amide bonds. The van der Waals surface area contributed by atoms with Crippen LogP contribution in [0.25, 0.3) is 0 Å². The summed E-state index contributed by atoms with van der Waals surface area (Å²) in [7, 11) is 1.61. The molecule has 0 spiro atoms. The second kappa shape index (κ2) is 2.35. The molecule has 0 aromatic rings. The molecule has 3 nitrogen and oxygen atoms in total.